The molecule has 0 saturated heterocycles. The molecule has 0 aliphatic carbocycles. The van der Waals surface area contributed by atoms with Gasteiger partial charge in [-0.1, -0.05) is 19.9 Å². The first-order chi connectivity index (χ1) is 13.8. The van der Waals surface area contributed by atoms with E-state index in [0.29, 0.717) is 22.3 Å². The maximum absolute atomic E-state index is 12.7. The number of fused-ring (bicyclic) bond motifs is 3. The van der Waals surface area contributed by atoms with Gasteiger partial charge in [-0.15, -0.1) is 0 Å². The molecule has 0 amide bonds. The number of carboxylic acids is 1. The van der Waals surface area contributed by atoms with Crippen molar-refractivity contribution in [3.05, 3.63) is 54.8 Å². The third-order valence-corrected chi connectivity index (χ3v) is 6.21. The van der Waals surface area contributed by atoms with Gasteiger partial charge in [0.2, 0.25) is 10.0 Å². The number of sulfonamides is 1. The highest BCUT2D eigenvalue weighted by molar-refractivity contribution is 7.89. The first-order valence-electron chi connectivity index (χ1n) is 9.01. The number of rotatable bonds is 6. The van der Waals surface area contributed by atoms with E-state index in [-0.39, 0.29) is 4.90 Å². The molecule has 0 radical (unpaired) electrons. The lowest BCUT2D eigenvalue weighted by atomic mass is 10.1. The Hall–Kier alpha value is -3.10. The number of carbonyl (C=O) groups is 1. The topological polar surface area (TPSA) is 110 Å². The van der Waals surface area contributed by atoms with Crippen molar-refractivity contribution in [1.82, 2.24) is 4.72 Å². The van der Waals surface area contributed by atoms with Crippen LogP contribution in [0.1, 0.15) is 13.8 Å². The zero-order valence-electron chi connectivity index (χ0n) is 15.7. The lowest BCUT2D eigenvalue weighted by molar-refractivity contribution is -0.140. The molecule has 2 heterocycles. The van der Waals surface area contributed by atoms with E-state index in [9.17, 15) is 18.3 Å². The van der Waals surface area contributed by atoms with Crippen LogP contribution in [0.2, 0.25) is 0 Å². The molecule has 0 aliphatic rings. The van der Waals surface area contributed by atoms with Crippen molar-refractivity contribution in [2.24, 2.45) is 5.92 Å². The van der Waals surface area contributed by atoms with Crippen LogP contribution in [0.25, 0.3) is 33.3 Å². The monoisotopic (exact) mass is 413 g/mol. The van der Waals surface area contributed by atoms with E-state index in [2.05, 4.69) is 4.72 Å². The van der Waals surface area contributed by atoms with Gasteiger partial charge in [0.05, 0.1) is 11.2 Å². The lowest BCUT2D eigenvalue weighted by Gasteiger charge is -2.17. The molecule has 0 fully saturated rings. The summed E-state index contributed by atoms with van der Waals surface area (Å²) in [6, 6.07) is 12.4. The lowest BCUT2D eigenvalue weighted by Crippen LogP contribution is -2.44. The number of benzene rings is 2. The van der Waals surface area contributed by atoms with Gasteiger partial charge in [-0.25, -0.2) is 8.42 Å². The van der Waals surface area contributed by atoms with E-state index in [1.54, 1.807) is 32.2 Å². The van der Waals surface area contributed by atoms with E-state index in [1.807, 2.05) is 24.3 Å². The predicted octanol–water partition coefficient (Wildman–Crippen LogP) is 4.23. The van der Waals surface area contributed by atoms with Crippen LogP contribution in [-0.4, -0.2) is 25.5 Å². The molecule has 0 spiro atoms. The predicted molar refractivity (Wildman–Crippen MR) is 108 cm³/mol. The number of hydrogen-bond donors (Lipinski definition) is 2. The van der Waals surface area contributed by atoms with Crippen LogP contribution in [0, 0.1) is 5.92 Å². The fourth-order valence-electron chi connectivity index (χ4n) is 3.23. The summed E-state index contributed by atoms with van der Waals surface area (Å²) in [5.41, 5.74) is 1.98. The van der Waals surface area contributed by atoms with Gasteiger partial charge in [-0.3, -0.25) is 4.79 Å². The number of nitrogens with one attached hydrogen (secondary N) is 1. The van der Waals surface area contributed by atoms with Gasteiger partial charge >= 0.3 is 5.97 Å². The molecular formula is C21H19NO6S. The Labute approximate surface area is 167 Å². The van der Waals surface area contributed by atoms with E-state index >= 15 is 0 Å². The Kier molecular flexibility index (Phi) is 4.68. The molecule has 150 valence electrons. The van der Waals surface area contributed by atoms with Gasteiger partial charge in [0.15, 0.2) is 0 Å². The summed E-state index contributed by atoms with van der Waals surface area (Å²) < 4.78 is 39.0. The Bertz CT molecular complexity index is 1300. The zero-order chi connectivity index (χ0) is 20.8. The summed E-state index contributed by atoms with van der Waals surface area (Å²) in [6.07, 6.45) is 1.59. The maximum atomic E-state index is 12.7. The van der Waals surface area contributed by atoms with Gasteiger partial charge in [0.1, 0.15) is 23.0 Å². The molecule has 2 N–H and O–H groups in total. The van der Waals surface area contributed by atoms with Gasteiger partial charge in [0, 0.05) is 16.3 Å². The Morgan fingerprint density at radius 2 is 1.83 bits per heavy atom. The highest BCUT2D eigenvalue weighted by Gasteiger charge is 2.28. The minimum Gasteiger partial charge on any atom is -0.480 e. The maximum Gasteiger partial charge on any atom is 0.322 e. The average molecular weight is 413 g/mol. The second kappa shape index (κ2) is 7.06. The third kappa shape index (κ3) is 3.52. The van der Waals surface area contributed by atoms with Crippen LogP contribution < -0.4 is 4.72 Å². The zero-order valence-corrected chi connectivity index (χ0v) is 16.6. The largest absolute Gasteiger partial charge is 0.480 e. The molecular weight excluding hydrogens is 394 g/mol. The smallest absolute Gasteiger partial charge is 0.322 e. The van der Waals surface area contributed by atoms with Crippen molar-refractivity contribution < 1.29 is 27.2 Å². The quantitative estimate of drug-likeness (QED) is 0.489. The number of carboxylic acid groups (broad SMARTS) is 1. The van der Waals surface area contributed by atoms with Crippen LogP contribution in [-0.2, 0) is 14.8 Å². The molecule has 4 aromatic rings. The summed E-state index contributed by atoms with van der Waals surface area (Å²) in [7, 11) is -4.02. The van der Waals surface area contributed by atoms with Crippen LogP contribution >= 0.6 is 0 Å². The van der Waals surface area contributed by atoms with Crippen LogP contribution in [0.15, 0.2) is 68.5 Å². The fraction of sp³-hybridized carbons (Fsp3) is 0.190. The number of aliphatic carboxylic acids is 1. The second-order valence-electron chi connectivity index (χ2n) is 7.13. The van der Waals surface area contributed by atoms with Crippen LogP contribution in [0.5, 0.6) is 0 Å². The highest BCUT2D eigenvalue weighted by Crippen LogP contribution is 2.33. The van der Waals surface area contributed by atoms with Crippen molar-refractivity contribution in [3.63, 3.8) is 0 Å². The molecule has 0 bridgehead atoms. The normalized spacial score (nSPS) is 13.3. The third-order valence-electron chi connectivity index (χ3n) is 4.77. The van der Waals surface area contributed by atoms with E-state index < -0.39 is 28.0 Å². The van der Waals surface area contributed by atoms with Crippen molar-refractivity contribution in [2.45, 2.75) is 24.8 Å². The summed E-state index contributed by atoms with van der Waals surface area (Å²) >= 11 is 0. The van der Waals surface area contributed by atoms with Crippen LogP contribution in [0.3, 0.4) is 0 Å². The Morgan fingerprint density at radius 3 is 2.48 bits per heavy atom. The molecule has 0 aliphatic heterocycles. The number of hydrogen-bond acceptors (Lipinski definition) is 5. The molecule has 4 rings (SSSR count). The first kappa shape index (κ1) is 19.2. The minimum absolute atomic E-state index is 0.0188. The average Bonchev–Trinajstić information content (AvgIpc) is 3.32. The van der Waals surface area contributed by atoms with Gasteiger partial charge in [-0.05, 0) is 48.4 Å². The molecule has 2 aromatic carbocycles. The standard InChI is InChI=1S/C21H19NO6S/c1-12(2)20(21(23)24)22-29(25,26)14-6-8-18-16(11-14)15-7-5-13(10-19(15)28-18)17-4-3-9-27-17/h3-12,20,22H,1-2H3,(H,23,24)/t20-/m0/s1. The minimum atomic E-state index is -4.02. The molecule has 0 unspecified atom stereocenters. The fourth-order valence-corrected chi connectivity index (χ4v) is 4.59. The highest BCUT2D eigenvalue weighted by atomic mass is 32.2. The Morgan fingerprint density at radius 1 is 1.03 bits per heavy atom. The van der Waals surface area contributed by atoms with Gasteiger partial charge in [0.25, 0.3) is 0 Å². The van der Waals surface area contributed by atoms with E-state index in [0.717, 1.165) is 10.9 Å². The van der Waals surface area contributed by atoms with Crippen molar-refractivity contribution in [2.75, 3.05) is 0 Å². The first-order valence-corrected chi connectivity index (χ1v) is 10.5. The van der Waals surface area contributed by atoms with Crippen molar-refractivity contribution in [1.29, 1.82) is 0 Å². The summed E-state index contributed by atoms with van der Waals surface area (Å²) in [4.78, 5) is 11.4. The summed E-state index contributed by atoms with van der Waals surface area (Å²) in [5, 5.41) is 10.7. The Balaban J connectivity index is 1.77. The van der Waals surface area contributed by atoms with E-state index in [4.69, 9.17) is 8.83 Å². The summed E-state index contributed by atoms with van der Waals surface area (Å²) in [5.74, 6) is -0.919. The molecule has 7 nitrogen and oxygen atoms in total. The van der Waals surface area contributed by atoms with Crippen LogP contribution in [0.4, 0.5) is 0 Å². The molecule has 1 atom stereocenters. The van der Waals surface area contributed by atoms with Gasteiger partial charge < -0.3 is 13.9 Å². The number of furan rings is 2. The van der Waals surface area contributed by atoms with E-state index in [1.165, 1.54) is 12.1 Å². The molecule has 8 heteroatoms. The summed E-state index contributed by atoms with van der Waals surface area (Å²) in [6.45, 7) is 3.29. The van der Waals surface area contributed by atoms with Crippen molar-refractivity contribution >= 4 is 37.9 Å². The SMILES string of the molecule is CC(C)[C@H](NS(=O)(=O)c1ccc2oc3cc(-c4ccco4)ccc3c2c1)C(=O)O. The van der Waals surface area contributed by atoms with Gasteiger partial charge in [-0.2, -0.15) is 4.72 Å². The molecule has 2 aromatic heterocycles. The molecule has 0 saturated carbocycles. The molecule has 29 heavy (non-hydrogen) atoms. The van der Waals surface area contributed by atoms with Crippen molar-refractivity contribution in [3.8, 4) is 11.3 Å². The second-order valence-corrected chi connectivity index (χ2v) is 8.84.